The van der Waals surface area contributed by atoms with Crippen LogP contribution in [0.1, 0.15) is 47.4 Å². The van der Waals surface area contributed by atoms with E-state index in [1.807, 2.05) is 18.2 Å². The number of carbonyl (C=O) groups excluding carboxylic acids is 1. The van der Waals surface area contributed by atoms with Gasteiger partial charge in [-0.2, -0.15) is 0 Å². The summed E-state index contributed by atoms with van der Waals surface area (Å²) in [6.45, 7) is 2.14. The van der Waals surface area contributed by atoms with E-state index in [2.05, 4.69) is 12.1 Å². The third-order valence-electron chi connectivity index (χ3n) is 3.59. The van der Waals surface area contributed by atoms with Gasteiger partial charge in [-0.25, -0.2) is 4.79 Å². The Morgan fingerprint density at radius 2 is 1.77 bits per heavy atom. The highest BCUT2D eigenvalue weighted by Crippen LogP contribution is 2.20. The number of aliphatic hydroxyl groups is 1. The van der Waals surface area contributed by atoms with Crippen LogP contribution >= 0.6 is 0 Å². The number of ether oxygens (including phenoxy) is 1. The molecule has 3 nitrogen and oxygen atoms in total. The minimum Gasteiger partial charge on any atom is -0.462 e. The molecule has 0 saturated carbocycles. The third-order valence-corrected chi connectivity index (χ3v) is 3.59. The van der Waals surface area contributed by atoms with E-state index in [0.717, 1.165) is 18.4 Å². The number of benzene rings is 2. The molecule has 3 heteroatoms. The Balaban J connectivity index is 1.84. The highest BCUT2D eigenvalue weighted by Gasteiger charge is 2.10. The first kappa shape index (κ1) is 16.2. The van der Waals surface area contributed by atoms with E-state index >= 15 is 0 Å². The molecule has 2 aromatic carbocycles. The Bertz CT molecular complexity index is 575. The van der Waals surface area contributed by atoms with Crippen LogP contribution < -0.4 is 0 Å². The van der Waals surface area contributed by atoms with Gasteiger partial charge in [0.05, 0.1) is 18.3 Å². The number of rotatable bonds is 7. The molecular formula is C19H22O3. The van der Waals surface area contributed by atoms with Crippen molar-refractivity contribution in [3.05, 3.63) is 71.3 Å². The number of hydrogen-bond acceptors (Lipinski definition) is 3. The molecule has 0 saturated heterocycles. The van der Waals surface area contributed by atoms with Crippen molar-refractivity contribution in [2.45, 2.75) is 32.3 Å². The molecule has 0 spiro atoms. The molecule has 0 aliphatic carbocycles. The van der Waals surface area contributed by atoms with Gasteiger partial charge in [0.2, 0.25) is 0 Å². The molecule has 0 heterocycles. The van der Waals surface area contributed by atoms with Gasteiger partial charge in [0, 0.05) is 0 Å². The van der Waals surface area contributed by atoms with Crippen LogP contribution in [0.3, 0.4) is 0 Å². The lowest BCUT2D eigenvalue weighted by Gasteiger charge is -2.11. The van der Waals surface area contributed by atoms with Gasteiger partial charge in [-0.15, -0.1) is 0 Å². The number of carbonyl (C=O) groups is 1. The van der Waals surface area contributed by atoms with Crippen molar-refractivity contribution in [3.63, 3.8) is 0 Å². The lowest BCUT2D eigenvalue weighted by molar-refractivity contribution is 0.0526. The summed E-state index contributed by atoms with van der Waals surface area (Å²) in [4.78, 5) is 11.6. The highest BCUT2D eigenvalue weighted by molar-refractivity contribution is 5.89. The van der Waals surface area contributed by atoms with Crippen molar-refractivity contribution >= 4 is 5.97 Å². The molecule has 0 fully saturated rings. The molecule has 22 heavy (non-hydrogen) atoms. The van der Waals surface area contributed by atoms with E-state index in [4.69, 9.17) is 4.74 Å². The predicted octanol–water partition coefficient (Wildman–Crippen LogP) is 3.92. The van der Waals surface area contributed by atoms with Gasteiger partial charge in [0.15, 0.2) is 0 Å². The maximum atomic E-state index is 11.6. The molecule has 2 aromatic rings. The van der Waals surface area contributed by atoms with Crippen LogP contribution in [-0.4, -0.2) is 17.7 Å². The standard InChI is InChI=1S/C19H22O3/c1-2-22-19(21)17-13-11-16(12-14-17)18(20)10-6-9-15-7-4-3-5-8-15/h3-5,7-8,11-14,18,20H,2,6,9-10H2,1H3. The number of aryl methyl sites for hydroxylation is 1. The van der Waals surface area contributed by atoms with Crippen molar-refractivity contribution in [1.82, 2.24) is 0 Å². The van der Waals surface area contributed by atoms with Gasteiger partial charge in [-0.1, -0.05) is 42.5 Å². The molecular weight excluding hydrogens is 276 g/mol. The molecule has 0 amide bonds. The average molecular weight is 298 g/mol. The summed E-state index contributed by atoms with van der Waals surface area (Å²) in [6, 6.07) is 17.2. The summed E-state index contributed by atoms with van der Waals surface area (Å²) < 4.78 is 4.94. The second-order valence-electron chi connectivity index (χ2n) is 5.24. The zero-order valence-electron chi connectivity index (χ0n) is 12.9. The quantitative estimate of drug-likeness (QED) is 0.788. The fraction of sp³-hybridized carbons (Fsp3) is 0.316. The van der Waals surface area contributed by atoms with Gasteiger partial charge in [-0.3, -0.25) is 0 Å². The predicted molar refractivity (Wildman–Crippen MR) is 86.7 cm³/mol. The van der Waals surface area contributed by atoms with E-state index < -0.39 is 6.10 Å². The molecule has 1 N–H and O–H groups in total. The Kier molecular flexibility index (Phi) is 6.16. The van der Waals surface area contributed by atoms with Gasteiger partial charge in [0.25, 0.3) is 0 Å². The maximum absolute atomic E-state index is 11.6. The van der Waals surface area contributed by atoms with Crippen LogP contribution in [0.5, 0.6) is 0 Å². The van der Waals surface area contributed by atoms with E-state index in [1.54, 1.807) is 31.2 Å². The van der Waals surface area contributed by atoms with Gasteiger partial charge in [0.1, 0.15) is 0 Å². The summed E-state index contributed by atoms with van der Waals surface area (Å²) in [7, 11) is 0. The minimum atomic E-state index is -0.500. The first-order valence-electron chi connectivity index (χ1n) is 7.69. The molecule has 0 radical (unpaired) electrons. The Morgan fingerprint density at radius 3 is 2.41 bits per heavy atom. The van der Waals surface area contributed by atoms with Crippen molar-refractivity contribution in [1.29, 1.82) is 0 Å². The van der Waals surface area contributed by atoms with Crippen LogP contribution in [-0.2, 0) is 11.2 Å². The maximum Gasteiger partial charge on any atom is 0.338 e. The van der Waals surface area contributed by atoms with Gasteiger partial charge in [-0.05, 0) is 49.4 Å². The summed E-state index contributed by atoms with van der Waals surface area (Å²) >= 11 is 0. The van der Waals surface area contributed by atoms with E-state index in [1.165, 1.54) is 5.56 Å². The summed E-state index contributed by atoms with van der Waals surface area (Å²) in [6.07, 6.45) is 2.08. The molecule has 0 aliphatic rings. The lowest BCUT2D eigenvalue weighted by atomic mass is 10.0. The zero-order valence-corrected chi connectivity index (χ0v) is 12.9. The molecule has 1 atom stereocenters. The fourth-order valence-electron chi connectivity index (χ4n) is 2.37. The molecule has 1 unspecified atom stereocenters. The Labute approximate surface area is 131 Å². The minimum absolute atomic E-state index is 0.326. The molecule has 0 aliphatic heterocycles. The van der Waals surface area contributed by atoms with Crippen LogP contribution in [0.25, 0.3) is 0 Å². The monoisotopic (exact) mass is 298 g/mol. The summed E-state index contributed by atoms with van der Waals surface area (Å²) in [5.74, 6) is -0.326. The van der Waals surface area contributed by atoms with Crippen LogP contribution in [0.2, 0.25) is 0 Å². The van der Waals surface area contributed by atoms with Crippen LogP contribution in [0.4, 0.5) is 0 Å². The molecule has 0 bridgehead atoms. The molecule has 2 rings (SSSR count). The first-order chi connectivity index (χ1) is 10.7. The SMILES string of the molecule is CCOC(=O)c1ccc(C(O)CCCc2ccccc2)cc1. The number of hydrogen-bond donors (Lipinski definition) is 1. The molecule has 0 aromatic heterocycles. The van der Waals surface area contributed by atoms with Crippen molar-refractivity contribution in [3.8, 4) is 0 Å². The smallest absolute Gasteiger partial charge is 0.338 e. The van der Waals surface area contributed by atoms with Crippen LogP contribution in [0.15, 0.2) is 54.6 Å². The topological polar surface area (TPSA) is 46.5 Å². The van der Waals surface area contributed by atoms with Crippen LogP contribution in [0, 0.1) is 0 Å². The summed E-state index contributed by atoms with van der Waals surface area (Å²) in [5.41, 5.74) is 2.63. The van der Waals surface area contributed by atoms with Crippen molar-refractivity contribution < 1.29 is 14.6 Å². The second kappa shape index (κ2) is 8.35. The summed E-state index contributed by atoms with van der Waals surface area (Å²) in [5, 5.41) is 10.2. The van der Waals surface area contributed by atoms with Gasteiger partial charge < -0.3 is 9.84 Å². The fourth-order valence-corrected chi connectivity index (χ4v) is 2.37. The van der Waals surface area contributed by atoms with E-state index in [0.29, 0.717) is 18.6 Å². The van der Waals surface area contributed by atoms with E-state index in [9.17, 15) is 9.90 Å². The highest BCUT2D eigenvalue weighted by atomic mass is 16.5. The van der Waals surface area contributed by atoms with Gasteiger partial charge >= 0.3 is 5.97 Å². The first-order valence-corrected chi connectivity index (χ1v) is 7.69. The number of esters is 1. The Morgan fingerprint density at radius 1 is 1.09 bits per heavy atom. The van der Waals surface area contributed by atoms with Crippen molar-refractivity contribution in [2.75, 3.05) is 6.61 Å². The number of aliphatic hydroxyl groups excluding tert-OH is 1. The second-order valence-corrected chi connectivity index (χ2v) is 5.24. The molecule has 116 valence electrons. The normalized spacial score (nSPS) is 11.9. The zero-order chi connectivity index (χ0) is 15.8. The van der Waals surface area contributed by atoms with Crippen molar-refractivity contribution in [2.24, 2.45) is 0 Å². The largest absolute Gasteiger partial charge is 0.462 e. The lowest BCUT2D eigenvalue weighted by Crippen LogP contribution is -2.05. The third kappa shape index (κ3) is 4.71. The average Bonchev–Trinajstić information content (AvgIpc) is 2.56. The Hall–Kier alpha value is -2.13. The van der Waals surface area contributed by atoms with E-state index in [-0.39, 0.29) is 5.97 Å².